The van der Waals surface area contributed by atoms with Crippen LogP contribution in [0.1, 0.15) is 11.1 Å². The molecule has 140 valence electrons. The van der Waals surface area contributed by atoms with Crippen molar-refractivity contribution in [3.63, 3.8) is 0 Å². The van der Waals surface area contributed by atoms with Gasteiger partial charge < -0.3 is 10.1 Å². The van der Waals surface area contributed by atoms with E-state index in [9.17, 15) is 8.42 Å². The van der Waals surface area contributed by atoms with E-state index in [0.717, 1.165) is 11.3 Å². The van der Waals surface area contributed by atoms with Gasteiger partial charge in [-0.1, -0.05) is 30.3 Å². The molecule has 0 heterocycles. The zero-order valence-electron chi connectivity index (χ0n) is 15.3. The average molecular weight is 382 g/mol. The van der Waals surface area contributed by atoms with Crippen LogP contribution in [0.3, 0.4) is 0 Å². The van der Waals surface area contributed by atoms with Gasteiger partial charge in [-0.25, -0.2) is 8.42 Å². The van der Waals surface area contributed by atoms with E-state index in [-0.39, 0.29) is 4.90 Å². The molecule has 0 saturated heterocycles. The standard InChI is InChI=1S/C21H22N2O3S/c1-16-14-20(12-13-21(16)26-2)27(24,25)23-19-10-8-18(9-11-19)22-15-17-6-4-3-5-7-17/h3-14,22-23H,15H2,1-2H3. The Bertz CT molecular complexity index is 1000. The zero-order valence-corrected chi connectivity index (χ0v) is 16.1. The Balaban J connectivity index is 1.67. The number of sulfonamides is 1. The normalized spacial score (nSPS) is 11.0. The molecule has 5 nitrogen and oxygen atoms in total. The van der Waals surface area contributed by atoms with Crippen LogP contribution in [0.5, 0.6) is 5.75 Å². The highest BCUT2D eigenvalue weighted by atomic mass is 32.2. The van der Waals surface area contributed by atoms with E-state index < -0.39 is 10.0 Å². The molecule has 0 unspecified atom stereocenters. The molecular weight excluding hydrogens is 360 g/mol. The van der Waals surface area contributed by atoms with Crippen molar-refractivity contribution in [1.82, 2.24) is 0 Å². The molecule has 3 rings (SSSR count). The van der Waals surface area contributed by atoms with Gasteiger partial charge in [-0.15, -0.1) is 0 Å². The molecule has 3 aromatic carbocycles. The Kier molecular flexibility index (Phi) is 5.66. The third-order valence-electron chi connectivity index (χ3n) is 4.15. The SMILES string of the molecule is COc1ccc(S(=O)(=O)Nc2ccc(NCc3ccccc3)cc2)cc1C. The highest BCUT2D eigenvalue weighted by Crippen LogP contribution is 2.24. The van der Waals surface area contributed by atoms with Crippen molar-refractivity contribution in [3.8, 4) is 5.75 Å². The molecule has 0 atom stereocenters. The minimum Gasteiger partial charge on any atom is -0.496 e. The molecule has 0 amide bonds. The molecule has 0 bridgehead atoms. The fourth-order valence-corrected chi connectivity index (χ4v) is 3.83. The van der Waals surface area contributed by atoms with Crippen LogP contribution in [-0.4, -0.2) is 15.5 Å². The number of hydrogen-bond acceptors (Lipinski definition) is 4. The maximum atomic E-state index is 12.6. The second-order valence-electron chi connectivity index (χ2n) is 6.15. The van der Waals surface area contributed by atoms with Crippen molar-refractivity contribution < 1.29 is 13.2 Å². The quantitative estimate of drug-likeness (QED) is 0.635. The van der Waals surface area contributed by atoms with Gasteiger partial charge >= 0.3 is 0 Å². The number of anilines is 2. The molecule has 6 heteroatoms. The molecule has 0 aliphatic rings. The molecule has 0 aromatic heterocycles. The summed E-state index contributed by atoms with van der Waals surface area (Å²) in [5.41, 5.74) is 3.37. The number of hydrogen-bond donors (Lipinski definition) is 2. The summed E-state index contributed by atoms with van der Waals surface area (Å²) >= 11 is 0. The maximum Gasteiger partial charge on any atom is 0.261 e. The van der Waals surface area contributed by atoms with E-state index in [1.165, 1.54) is 11.6 Å². The third-order valence-corrected chi connectivity index (χ3v) is 5.53. The van der Waals surface area contributed by atoms with Crippen LogP contribution in [0.4, 0.5) is 11.4 Å². The molecule has 0 spiro atoms. The van der Waals surface area contributed by atoms with Crippen molar-refractivity contribution in [1.29, 1.82) is 0 Å². The zero-order chi connectivity index (χ0) is 19.3. The van der Waals surface area contributed by atoms with Gasteiger partial charge in [0.1, 0.15) is 5.75 Å². The Hall–Kier alpha value is -2.99. The predicted molar refractivity (Wildman–Crippen MR) is 109 cm³/mol. The van der Waals surface area contributed by atoms with Crippen LogP contribution in [0.15, 0.2) is 77.7 Å². The Morgan fingerprint density at radius 1 is 0.889 bits per heavy atom. The molecule has 0 aliphatic carbocycles. The molecule has 0 saturated carbocycles. The first kappa shape index (κ1) is 18.8. The van der Waals surface area contributed by atoms with Crippen molar-refractivity contribution in [2.45, 2.75) is 18.4 Å². The van der Waals surface area contributed by atoms with E-state index >= 15 is 0 Å². The van der Waals surface area contributed by atoms with Crippen molar-refractivity contribution in [2.75, 3.05) is 17.1 Å². The first-order valence-corrected chi connectivity index (χ1v) is 10.0. The van der Waals surface area contributed by atoms with Crippen LogP contribution in [0.25, 0.3) is 0 Å². The molecule has 3 aromatic rings. The summed E-state index contributed by atoms with van der Waals surface area (Å²) in [6.07, 6.45) is 0. The van der Waals surface area contributed by atoms with Gasteiger partial charge in [-0.3, -0.25) is 4.72 Å². The second kappa shape index (κ2) is 8.14. The largest absolute Gasteiger partial charge is 0.496 e. The van der Waals surface area contributed by atoms with E-state index in [4.69, 9.17) is 4.74 Å². The van der Waals surface area contributed by atoms with Crippen LogP contribution < -0.4 is 14.8 Å². The molecule has 27 heavy (non-hydrogen) atoms. The van der Waals surface area contributed by atoms with Gasteiger partial charge in [-0.2, -0.15) is 0 Å². The first-order valence-electron chi connectivity index (χ1n) is 8.53. The van der Waals surface area contributed by atoms with Gasteiger partial charge in [0.25, 0.3) is 10.0 Å². The topological polar surface area (TPSA) is 67.4 Å². The van der Waals surface area contributed by atoms with Crippen molar-refractivity contribution >= 4 is 21.4 Å². The summed E-state index contributed by atoms with van der Waals surface area (Å²) in [5.74, 6) is 0.655. The number of ether oxygens (including phenoxy) is 1. The number of methoxy groups -OCH3 is 1. The van der Waals surface area contributed by atoms with Gasteiger partial charge in [0.2, 0.25) is 0 Å². The van der Waals surface area contributed by atoms with Gasteiger partial charge in [0, 0.05) is 17.9 Å². The van der Waals surface area contributed by atoms with Crippen LogP contribution in [0, 0.1) is 6.92 Å². The molecule has 2 N–H and O–H groups in total. The monoisotopic (exact) mass is 382 g/mol. The van der Waals surface area contributed by atoms with E-state index in [1.807, 2.05) is 49.4 Å². The van der Waals surface area contributed by atoms with E-state index in [2.05, 4.69) is 10.0 Å². The third kappa shape index (κ3) is 4.80. The summed E-state index contributed by atoms with van der Waals surface area (Å²) in [6.45, 7) is 2.52. The summed E-state index contributed by atoms with van der Waals surface area (Å²) in [7, 11) is -2.10. The van der Waals surface area contributed by atoms with Gasteiger partial charge in [-0.05, 0) is 60.5 Å². The van der Waals surface area contributed by atoms with Gasteiger partial charge in [0.05, 0.1) is 12.0 Å². The Morgan fingerprint density at radius 3 is 2.19 bits per heavy atom. The lowest BCUT2D eigenvalue weighted by Gasteiger charge is -2.12. The maximum absolute atomic E-state index is 12.6. The van der Waals surface area contributed by atoms with Crippen molar-refractivity contribution in [2.24, 2.45) is 0 Å². The summed E-state index contributed by atoms with van der Waals surface area (Å²) in [6, 6.07) is 22.0. The van der Waals surface area contributed by atoms with Crippen molar-refractivity contribution in [3.05, 3.63) is 83.9 Å². The lowest BCUT2D eigenvalue weighted by molar-refractivity contribution is 0.411. The number of nitrogens with one attached hydrogen (secondary N) is 2. The number of benzene rings is 3. The van der Waals surface area contributed by atoms with E-state index in [0.29, 0.717) is 18.0 Å². The number of rotatable bonds is 7. The lowest BCUT2D eigenvalue weighted by atomic mass is 10.2. The van der Waals surface area contributed by atoms with Crippen LogP contribution in [-0.2, 0) is 16.6 Å². The van der Waals surface area contributed by atoms with Crippen LogP contribution in [0.2, 0.25) is 0 Å². The average Bonchev–Trinajstić information content (AvgIpc) is 2.68. The molecule has 0 radical (unpaired) electrons. The lowest BCUT2D eigenvalue weighted by Crippen LogP contribution is -2.13. The molecule has 0 fully saturated rings. The highest BCUT2D eigenvalue weighted by Gasteiger charge is 2.15. The van der Waals surface area contributed by atoms with E-state index in [1.54, 1.807) is 31.4 Å². The van der Waals surface area contributed by atoms with Crippen LogP contribution >= 0.6 is 0 Å². The summed E-state index contributed by atoms with van der Waals surface area (Å²) < 4.78 is 32.9. The minimum atomic E-state index is -3.65. The Morgan fingerprint density at radius 2 is 1.56 bits per heavy atom. The molecule has 0 aliphatic heterocycles. The number of aryl methyl sites for hydroxylation is 1. The smallest absolute Gasteiger partial charge is 0.261 e. The fourth-order valence-electron chi connectivity index (χ4n) is 2.69. The molecular formula is C21H22N2O3S. The van der Waals surface area contributed by atoms with Gasteiger partial charge in [0.15, 0.2) is 0 Å². The summed E-state index contributed by atoms with van der Waals surface area (Å²) in [5, 5.41) is 3.31. The summed E-state index contributed by atoms with van der Waals surface area (Å²) in [4.78, 5) is 0.201. The minimum absolute atomic E-state index is 0.201. The first-order chi connectivity index (χ1) is 13.0. The highest BCUT2D eigenvalue weighted by molar-refractivity contribution is 7.92. The second-order valence-corrected chi connectivity index (χ2v) is 7.84. The fraction of sp³-hybridized carbons (Fsp3) is 0.143. The predicted octanol–water partition coefficient (Wildman–Crippen LogP) is 4.42. The Labute approximate surface area is 160 Å².